The van der Waals surface area contributed by atoms with Crippen LogP contribution in [0.2, 0.25) is 0 Å². The number of benzene rings is 6. The Morgan fingerprint density at radius 3 is 0.886 bits per heavy atom. The summed E-state index contributed by atoms with van der Waals surface area (Å²) < 4.78 is 342. The van der Waals surface area contributed by atoms with Gasteiger partial charge in [0.15, 0.2) is 0 Å². The molecule has 0 fully saturated rings. The minimum absolute atomic E-state index is 0.0653. The van der Waals surface area contributed by atoms with Crippen LogP contribution in [-0.2, 0) is 56.0 Å². The van der Waals surface area contributed by atoms with E-state index in [2.05, 4.69) is 0 Å². The van der Waals surface area contributed by atoms with Crippen LogP contribution in [0.1, 0.15) is 65.4 Å². The van der Waals surface area contributed by atoms with Crippen molar-refractivity contribution in [1.82, 2.24) is 0 Å². The largest absolute Gasteiger partial charge is 0.416 e. The minimum atomic E-state index is -6.13. The normalized spacial score (nSPS) is 13.3. The highest BCUT2D eigenvalue weighted by atomic mass is 19.4. The number of hydrogen-bond donors (Lipinski definition) is 1. The van der Waals surface area contributed by atoms with Crippen molar-refractivity contribution in [2.45, 2.75) is 56.0 Å². The number of aromatic nitrogens is 1. The smallest absolute Gasteiger partial charge is 0.360 e. The van der Waals surface area contributed by atoms with Crippen molar-refractivity contribution in [2.75, 3.05) is 0 Å². The maximum Gasteiger partial charge on any atom is 0.416 e. The lowest BCUT2D eigenvalue weighted by atomic mass is 9.12. The van der Waals surface area contributed by atoms with Crippen LogP contribution in [0.4, 0.5) is 105 Å². The second kappa shape index (κ2) is 20.8. The van der Waals surface area contributed by atoms with E-state index in [9.17, 15) is 115 Å². The number of halogens is 24. The van der Waals surface area contributed by atoms with Gasteiger partial charge in [0.25, 0.3) is 5.69 Å². The van der Waals surface area contributed by atoms with Gasteiger partial charge < -0.3 is 5.73 Å². The first kappa shape index (κ1) is 60.5. The Hall–Kier alpha value is -7.75. The Kier molecular flexibility index (Phi) is 15.9. The molecule has 29 heteroatoms. The Bertz CT molecular complexity index is 2990. The Morgan fingerprint density at radius 1 is 0.354 bits per heavy atom. The number of carbonyl (C=O) groups excluding carboxylic acids is 2. The lowest BCUT2D eigenvalue weighted by molar-refractivity contribution is -0.659. The van der Waals surface area contributed by atoms with Crippen LogP contribution in [0.25, 0.3) is 10.9 Å². The molecule has 0 atom stereocenters. The van der Waals surface area contributed by atoms with Crippen molar-refractivity contribution in [2.24, 2.45) is 5.73 Å². The van der Waals surface area contributed by atoms with Crippen LogP contribution in [0, 0.1) is 0 Å². The first-order valence-corrected chi connectivity index (χ1v) is 21.6. The zero-order chi connectivity index (χ0) is 59.4. The molecule has 7 rings (SSSR count). The summed E-state index contributed by atoms with van der Waals surface area (Å²) in [5, 5.41) is 0.952. The summed E-state index contributed by atoms with van der Waals surface area (Å²) in [5.74, 6) is -0.615. The molecule has 0 spiro atoms. The monoisotopic (exact) mass is 1150 g/mol. The number of nitrogens with two attached hydrogens (primary N) is 1. The molecule has 420 valence electrons. The van der Waals surface area contributed by atoms with Gasteiger partial charge in [0, 0.05) is 23.1 Å². The van der Waals surface area contributed by atoms with E-state index in [1.54, 1.807) is 22.8 Å². The highest BCUT2D eigenvalue weighted by Crippen LogP contribution is 2.41. The first-order chi connectivity index (χ1) is 35.9. The third kappa shape index (κ3) is 13.4. The summed E-state index contributed by atoms with van der Waals surface area (Å²) in [6.45, 7) is 0.0731. The number of Topliss-reactive ketones (excluding diaryl/α,β-unsaturated/α-hetero) is 1. The number of alkyl halides is 24. The van der Waals surface area contributed by atoms with E-state index in [1.807, 2.05) is 48.5 Å². The van der Waals surface area contributed by atoms with Gasteiger partial charge >= 0.3 is 55.3 Å². The molecule has 1 heterocycles. The molecule has 4 nitrogen and oxygen atoms in total. The average molecular weight is 1150 g/mol. The van der Waals surface area contributed by atoms with Crippen LogP contribution in [0.5, 0.6) is 0 Å². The van der Waals surface area contributed by atoms with Crippen molar-refractivity contribution in [1.29, 1.82) is 0 Å². The van der Waals surface area contributed by atoms with Crippen LogP contribution in [0.3, 0.4) is 0 Å². The molecule has 2 N–H and O–H groups in total. The fraction of sp³-hybridized carbons (Fsp3) is 0.180. The van der Waals surface area contributed by atoms with Gasteiger partial charge in [0.05, 0.1) is 44.5 Å². The van der Waals surface area contributed by atoms with Crippen LogP contribution in [0.15, 0.2) is 140 Å². The molecule has 0 saturated heterocycles. The molecule has 0 aliphatic heterocycles. The van der Waals surface area contributed by atoms with Gasteiger partial charge in [-0.15, -0.1) is 0 Å². The number of carbonyl (C=O) groups is 2. The Morgan fingerprint density at radius 2 is 0.620 bits per heavy atom. The zero-order valence-electron chi connectivity index (χ0n) is 38.5. The number of nitrogens with zero attached hydrogens (tertiary/aromatic N) is 1. The van der Waals surface area contributed by atoms with E-state index in [1.165, 1.54) is 0 Å². The summed E-state index contributed by atoms with van der Waals surface area (Å²) in [5.41, 5.74) is -23.0. The fourth-order valence-electron chi connectivity index (χ4n) is 8.58. The molecule has 0 radical (unpaired) electrons. The van der Waals surface area contributed by atoms with E-state index < -0.39 is 201 Å². The molecule has 0 bridgehead atoms. The van der Waals surface area contributed by atoms with Gasteiger partial charge in [0.1, 0.15) is 6.15 Å². The SMILES string of the molecule is FC(F)(F)c1cc([B-](c2cc(C(F)(F)F)cc(C(F)(F)F)c2)(c2cc(C(F)(F)F)cc(C(F)(F)F)c2)c2cc(C(F)(F)F)cc(C(F)(F)F)c2)cc(C(F)(F)F)c1.NC(=O)c1ccc2ccccc2[n+]1CC(=O)c1ccccc1. The van der Waals surface area contributed by atoms with Gasteiger partial charge in [-0.05, 0) is 36.4 Å². The Balaban J connectivity index is 0.000000378. The zero-order valence-corrected chi connectivity index (χ0v) is 38.5. The number of hydrogen-bond acceptors (Lipinski definition) is 2. The van der Waals surface area contributed by atoms with Gasteiger partial charge in [-0.1, -0.05) is 91.0 Å². The molecule has 0 aliphatic carbocycles. The second-order valence-electron chi connectivity index (χ2n) is 17.2. The lowest BCUT2D eigenvalue weighted by Gasteiger charge is -2.46. The minimum Gasteiger partial charge on any atom is -0.360 e. The molecule has 0 saturated carbocycles. The summed E-state index contributed by atoms with van der Waals surface area (Å²) in [4.78, 5) is 24.1. The van der Waals surface area contributed by atoms with Gasteiger partial charge in [-0.2, -0.15) is 132 Å². The topological polar surface area (TPSA) is 64.0 Å². The number of fused-ring (bicyclic) bond motifs is 1. The number of para-hydroxylation sites is 1. The first-order valence-electron chi connectivity index (χ1n) is 21.6. The van der Waals surface area contributed by atoms with Crippen LogP contribution in [-0.4, -0.2) is 17.8 Å². The van der Waals surface area contributed by atoms with Crippen LogP contribution >= 0.6 is 0 Å². The van der Waals surface area contributed by atoms with Gasteiger partial charge in [-0.3, -0.25) is 9.59 Å². The summed E-state index contributed by atoms with van der Waals surface area (Å²) >= 11 is 0. The molecular weight excluding hydrogens is 1130 g/mol. The van der Waals surface area contributed by atoms with Crippen molar-refractivity contribution in [3.63, 3.8) is 0 Å². The predicted molar refractivity (Wildman–Crippen MR) is 234 cm³/mol. The number of pyridine rings is 1. The molecule has 6 aromatic carbocycles. The van der Waals surface area contributed by atoms with E-state index in [0.29, 0.717) is 11.3 Å². The van der Waals surface area contributed by atoms with Crippen molar-refractivity contribution >= 4 is 50.6 Å². The van der Waals surface area contributed by atoms with Crippen molar-refractivity contribution < 1.29 is 120 Å². The maximum absolute atomic E-state index is 14.2. The third-order valence-electron chi connectivity index (χ3n) is 12.0. The highest BCUT2D eigenvalue weighted by molar-refractivity contribution is 7.20. The molecule has 1 amide bonds. The Labute approximate surface area is 426 Å². The molecule has 0 aliphatic rings. The van der Waals surface area contributed by atoms with E-state index in [-0.39, 0.29) is 12.3 Å². The average Bonchev–Trinajstić information content (AvgIpc) is 3.54. The lowest BCUT2D eigenvalue weighted by Crippen LogP contribution is -2.75. The molecule has 1 aromatic heterocycles. The van der Waals surface area contributed by atoms with E-state index in [4.69, 9.17) is 5.73 Å². The van der Waals surface area contributed by atoms with E-state index >= 15 is 0 Å². The fourth-order valence-corrected chi connectivity index (χ4v) is 8.58. The van der Waals surface area contributed by atoms with Crippen molar-refractivity contribution in [3.05, 3.63) is 195 Å². The quantitative estimate of drug-likeness (QED) is 0.0713. The number of primary amides is 1. The molecular formula is C50H27BF24N2O2. The number of rotatable bonds is 8. The van der Waals surface area contributed by atoms with Crippen molar-refractivity contribution in [3.8, 4) is 0 Å². The molecule has 0 unspecified atom stereocenters. The number of amides is 1. The second-order valence-corrected chi connectivity index (χ2v) is 17.2. The maximum atomic E-state index is 14.2. The molecule has 7 aromatic rings. The highest BCUT2D eigenvalue weighted by Gasteiger charge is 2.47. The third-order valence-corrected chi connectivity index (χ3v) is 12.0. The van der Waals surface area contributed by atoms with Gasteiger partial charge in [-0.25, -0.2) is 0 Å². The summed E-state index contributed by atoms with van der Waals surface area (Å²) in [6.07, 6.45) is -54.8. The van der Waals surface area contributed by atoms with Crippen LogP contribution < -0.4 is 32.2 Å². The predicted octanol–water partition coefficient (Wildman–Crippen LogP) is 13.3. The van der Waals surface area contributed by atoms with Gasteiger partial charge in [0.2, 0.25) is 17.8 Å². The summed E-state index contributed by atoms with van der Waals surface area (Å²) in [7, 11) is 0. The molecule has 79 heavy (non-hydrogen) atoms. The number of ketones is 1. The standard InChI is InChI=1S/C32H12BF24.C18H14N2O2/c34-25(35,36)13-1-14(26(37,38)39)6-21(5-13)33(22-7-15(27(40,41)42)2-16(8-22)28(43,44)45,23-9-17(29(46,47)48)3-18(10-23)30(49,50)51)24-11-19(31(52,53)54)4-20(12-24)32(55,56)57;19-18(22)16-11-10-13-6-4-5-9-15(13)20(16)12-17(21)14-7-2-1-3-8-14/h1-12H;1-11H,12H2,(H-,19,22)/q-1;/p+1. The summed E-state index contributed by atoms with van der Waals surface area (Å²) in [6, 6.07) is 11.3. The van der Waals surface area contributed by atoms with E-state index in [0.717, 1.165) is 10.9 Å².